The van der Waals surface area contributed by atoms with Crippen molar-refractivity contribution in [3.05, 3.63) is 71.4 Å². The third kappa shape index (κ3) is 9.45. The molecule has 56 heavy (non-hydrogen) atoms. The fourth-order valence-electron chi connectivity index (χ4n) is 7.20. The van der Waals surface area contributed by atoms with Gasteiger partial charge in [-0.25, -0.2) is 4.98 Å². The summed E-state index contributed by atoms with van der Waals surface area (Å²) < 4.78 is 5.51. The van der Waals surface area contributed by atoms with E-state index in [4.69, 9.17) is 10.5 Å². The van der Waals surface area contributed by atoms with Crippen LogP contribution in [0, 0.1) is 12.3 Å². The number of aliphatic hydroxyl groups is 1. The van der Waals surface area contributed by atoms with Crippen LogP contribution in [0.4, 0.5) is 11.5 Å². The molecule has 3 amide bonds. The van der Waals surface area contributed by atoms with Gasteiger partial charge in [0.15, 0.2) is 5.82 Å². The van der Waals surface area contributed by atoms with E-state index in [-0.39, 0.29) is 44.8 Å². The number of methoxy groups -OCH3 is 1. The maximum absolute atomic E-state index is 14.2. The number of nitrogens with one attached hydrogen (secondary N) is 2. The van der Waals surface area contributed by atoms with Gasteiger partial charge in [0.05, 0.1) is 53.3 Å². The van der Waals surface area contributed by atoms with E-state index in [9.17, 15) is 19.5 Å². The number of para-hydroxylation sites is 1. The van der Waals surface area contributed by atoms with Crippen molar-refractivity contribution in [1.82, 2.24) is 35.6 Å². The summed E-state index contributed by atoms with van der Waals surface area (Å²) in [7, 11) is 1.61. The normalized spacial score (nSPS) is 18.5. The molecule has 0 unspecified atom stereocenters. The Balaban J connectivity index is 0.00000600. The van der Waals surface area contributed by atoms with Gasteiger partial charge < -0.3 is 36.0 Å². The van der Waals surface area contributed by atoms with E-state index in [1.54, 1.807) is 18.4 Å². The Morgan fingerprint density at radius 3 is 2.38 bits per heavy atom. The molecular formula is C41H55N9O5S. The number of thiazole rings is 1. The molecule has 300 valence electrons. The highest BCUT2D eigenvalue weighted by atomic mass is 32.1. The first-order valence-corrected chi connectivity index (χ1v) is 19.4. The molecule has 14 nitrogen and oxygen atoms in total. The van der Waals surface area contributed by atoms with Crippen LogP contribution in [0.5, 0.6) is 5.75 Å². The first kappa shape index (κ1) is 42.0. The van der Waals surface area contributed by atoms with Gasteiger partial charge in [-0.1, -0.05) is 64.6 Å². The number of hydrogen-bond donors (Lipinski definition) is 4. The third-order valence-electron chi connectivity index (χ3n) is 10.3. The number of piperazine rings is 1. The Morgan fingerprint density at radius 2 is 1.73 bits per heavy atom. The fraction of sp³-hybridized carbons (Fsp3) is 0.463. The smallest absolute Gasteiger partial charge is 0.246 e. The molecule has 0 bridgehead atoms. The van der Waals surface area contributed by atoms with Crippen molar-refractivity contribution in [2.24, 2.45) is 5.41 Å². The number of nitrogens with two attached hydrogens (primary N) is 1. The number of amides is 3. The topological polar surface area (TPSA) is 179 Å². The number of likely N-dealkylation sites (tertiary alicyclic amines) is 1. The predicted molar refractivity (Wildman–Crippen MR) is 220 cm³/mol. The molecule has 2 saturated heterocycles. The van der Waals surface area contributed by atoms with Crippen LogP contribution in [0.3, 0.4) is 0 Å². The quantitative estimate of drug-likeness (QED) is 0.171. The number of rotatable bonds is 11. The molecule has 2 aliphatic heterocycles. The van der Waals surface area contributed by atoms with Crippen LogP contribution in [0.25, 0.3) is 21.7 Å². The molecule has 2 aromatic carbocycles. The van der Waals surface area contributed by atoms with Crippen molar-refractivity contribution in [2.45, 2.75) is 72.7 Å². The van der Waals surface area contributed by atoms with Crippen LogP contribution in [0.15, 0.2) is 60.1 Å². The van der Waals surface area contributed by atoms with Gasteiger partial charge in [-0.05, 0) is 48.6 Å². The van der Waals surface area contributed by atoms with E-state index < -0.39 is 29.5 Å². The predicted octanol–water partition coefficient (Wildman–Crippen LogP) is 4.29. The molecule has 0 radical (unpaired) electrons. The van der Waals surface area contributed by atoms with Crippen LogP contribution >= 0.6 is 11.3 Å². The van der Waals surface area contributed by atoms with E-state index in [1.807, 2.05) is 99.6 Å². The average Bonchev–Trinajstić information content (AvgIpc) is 3.79. The Labute approximate surface area is 333 Å². The lowest BCUT2D eigenvalue weighted by atomic mass is 9.85. The van der Waals surface area contributed by atoms with Gasteiger partial charge >= 0.3 is 0 Å². The second-order valence-electron chi connectivity index (χ2n) is 15.3. The Kier molecular flexibility index (Phi) is 13.3. The summed E-state index contributed by atoms with van der Waals surface area (Å²) in [6, 6.07) is 15.3. The molecule has 0 spiro atoms. The van der Waals surface area contributed by atoms with Gasteiger partial charge in [-0.2, -0.15) is 0 Å². The zero-order chi connectivity index (χ0) is 39.4. The third-order valence-corrected chi connectivity index (χ3v) is 11.3. The maximum Gasteiger partial charge on any atom is 0.246 e. The standard InChI is InChI=1S/C40H51N9O5S.CH4/c1-24(26-11-13-27(14-12-26)35-25(2)42-23-55-35)43-38(52)32-19-28(50)21-49(32)39(53)36(40(3,4)5)44-34(51)22-47-15-17-48(18-16-47)31-20-30(45-46-37(31)41)29-9-7-8-10-33(29)54-6;/h7-14,20,23-24,28,32,36,50H,15-19,21-22H2,1-6H3,(H2,41,46)(H,43,52)(H,44,51);1H4/t24-,28+,32-,36+;/m0./s1. The monoisotopic (exact) mass is 785 g/mol. The minimum atomic E-state index is -0.918. The van der Waals surface area contributed by atoms with E-state index >= 15 is 0 Å². The summed E-state index contributed by atoms with van der Waals surface area (Å²) in [4.78, 5) is 52.4. The molecule has 6 rings (SSSR count). The summed E-state index contributed by atoms with van der Waals surface area (Å²) >= 11 is 1.58. The molecule has 0 aliphatic carbocycles. The Hall–Kier alpha value is -5.12. The fourth-order valence-corrected chi connectivity index (χ4v) is 8.02. The number of anilines is 2. The van der Waals surface area contributed by atoms with Crippen LogP contribution in [0.1, 0.15) is 58.8 Å². The van der Waals surface area contributed by atoms with Gasteiger partial charge in [0.25, 0.3) is 0 Å². The zero-order valence-electron chi connectivity index (χ0n) is 32.3. The maximum atomic E-state index is 14.2. The van der Waals surface area contributed by atoms with E-state index in [1.165, 1.54) is 4.90 Å². The number of β-amino-alcohol motifs (C(OH)–C–C–N with tert-alkyl or cyclic N) is 1. The lowest BCUT2D eigenvalue weighted by Gasteiger charge is -2.38. The number of aromatic nitrogens is 3. The number of nitrogen functional groups attached to an aromatic ring is 1. The second kappa shape index (κ2) is 17.8. The van der Waals surface area contributed by atoms with Crippen LogP contribution < -0.4 is 26.0 Å². The van der Waals surface area contributed by atoms with E-state index in [0.717, 1.165) is 32.9 Å². The highest BCUT2D eigenvalue weighted by Gasteiger charge is 2.45. The molecule has 2 fully saturated rings. The van der Waals surface area contributed by atoms with Gasteiger partial charge in [0.2, 0.25) is 17.7 Å². The zero-order valence-corrected chi connectivity index (χ0v) is 33.1. The van der Waals surface area contributed by atoms with Crippen molar-refractivity contribution < 1.29 is 24.2 Å². The lowest BCUT2D eigenvalue weighted by Crippen LogP contribution is -2.59. The summed E-state index contributed by atoms with van der Waals surface area (Å²) in [5.74, 6) is -0.0366. The largest absolute Gasteiger partial charge is 0.496 e. The van der Waals surface area contributed by atoms with Crippen molar-refractivity contribution >= 4 is 40.6 Å². The first-order valence-electron chi connectivity index (χ1n) is 18.6. The van der Waals surface area contributed by atoms with Gasteiger partial charge in [-0.15, -0.1) is 21.5 Å². The molecule has 15 heteroatoms. The SMILES string of the molecule is C.COc1ccccc1-c1cc(N2CCN(CC(=O)N[C@H](C(=O)N3C[C@H](O)C[C@H]3C(=O)N[C@@H](C)c3ccc(-c4scnc4C)cc3)C(C)(C)C)CC2)c(N)nn1. The second-order valence-corrected chi connectivity index (χ2v) is 16.2. The summed E-state index contributed by atoms with van der Waals surface area (Å²) in [6.07, 6.45) is -0.749. The number of carbonyl (C=O) groups excluding carboxylic acids is 3. The Morgan fingerprint density at radius 1 is 1.04 bits per heavy atom. The van der Waals surface area contributed by atoms with Crippen LogP contribution in [-0.4, -0.2) is 112 Å². The lowest BCUT2D eigenvalue weighted by molar-refractivity contribution is -0.144. The number of nitrogens with zero attached hydrogens (tertiary/aromatic N) is 6. The average molecular weight is 786 g/mol. The minimum absolute atomic E-state index is 0. The minimum Gasteiger partial charge on any atom is -0.496 e. The number of hydrogen-bond acceptors (Lipinski definition) is 12. The molecule has 2 aliphatic rings. The van der Waals surface area contributed by atoms with E-state index in [0.29, 0.717) is 43.4 Å². The summed E-state index contributed by atoms with van der Waals surface area (Å²) in [5, 5.41) is 25.2. The highest BCUT2D eigenvalue weighted by Crippen LogP contribution is 2.33. The van der Waals surface area contributed by atoms with Gasteiger partial charge in [-0.3, -0.25) is 19.3 Å². The van der Waals surface area contributed by atoms with Crippen LogP contribution in [-0.2, 0) is 14.4 Å². The highest BCUT2D eigenvalue weighted by molar-refractivity contribution is 7.13. The van der Waals surface area contributed by atoms with Crippen LogP contribution in [0.2, 0.25) is 0 Å². The first-order chi connectivity index (χ1) is 26.2. The molecule has 4 heterocycles. The van der Waals surface area contributed by atoms with Gasteiger partial charge in [0.1, 0.15) is 17.8 Å². The van der Waals surface area contributed by atoms with E-state index in [2.05, 4.69) is 30.7 Å². The van der Waals surface area contributed by atoms with Crippen molar-refractivity contribution in [2.75, 3.05) is 57.0 Å². The molecular weight excluding hydrogens is 731 g/mol. The number of aliphatic hydroxyl groups excluding tert-OH is 1. The molecule has 4 atom stereocenters. The summed E-state index contributed by atoms with van der Waals surface area (Å²) in [6.45, 7) is 12.0. The number of benzene rings is 2. The Bertz CT molecular complexity index is 1990. The molecule has 5 N–H and O–H groups in total. The van der Waals surface area contributed by atoms with Crippen molar-refractivity contribution in [3.63, 3.8) is 0 Å². The van der Waals surface area contributed by atoms with Gasteiger partial charge in [0, 0.05) is 44.7 Å². The number of aryl methyl sites for hydroxylation is 1. The molecule has 2 aromatic heterocycles. The van der Waals surface area contributed by atoms with Crippen molar-refractivity contribution in [1.29, 1.82) is 0 Å². The number of carbonyl (C=O) groups is 3. The molecule has 4 aromatic rings. The van der Waals surface area contributed by atoms with Crippen molar-refractivity contribution in [3.8, 4) is 27.4 Å². The molecule has 0 saturated carbocycles. The number of ether oxygens (including phenoxy) is 1. The summed E-state index contributed by atoms with van der Waals surface area (Å²) in [5.41, 5.74) is 12.6.